The molecule has 1 N–H and O–H groups in total. The molecule has 0 atom stereocenters. The van der Waals surface area contributed by atoms with E-state index < -0.39 is 11.9 Å². The minimum Gasteiger partial charge on any atom is -0.493 e. The van der Waals surface area contributed by atoms with Gasteiger partial charge in [-0.15, -0.1) is 10.2 Å². The fourth-order valence-corrected chi connectivity index (χ4v) is 4.19. The lowest BCUT2D eigenvalue weighted by molar-refractivity contribution is -0.141. The van der Waals surface area contributed by atoms with Crippen molar-refractivity contribution in [2.75, 3.05) is 6.61 Å². The summed E-state index contributed by atoms with van der Waals surface area (Å²) in [6.45, 7) is 3.22. The van der Waals surface area contributed by atoms with Crippen molar-refractivity contribution in [2.24, 2.45) is 0 Å². The quantitative estimate of drug-likeness (QED) is 0.259. The van der Waals surface area contributed by atoms with Crippen molar-refractivity contribution >= 4 is 21.9 Å². The maximum Gasteiger partial charge on any atom is 0.437 e. The maximum absolute atomic E-state index is 13.2. The standard InChI is InChI=1S/C24H23F3N6O3/c1-2-5-16-20(9-8-17-22(16)36-30-23(17)24(25,26)27)34-13-4-11-33-12-10-15-18(33)6-3-7-19(15)35-14-21-28-31-32-29-21/h3,6-10,12H,2,4-5,11,13-14H2,1H3,(H,28,29,31,32). The number of rotatable bonds is 10. The third-order valence-corrected chi connectivity index (χ3v) is 5.79. The zero-order valence-electron chi connectivity index (χ0n) is 19.4. The van der Waals surface area contributed by atoms with Crippen LogP contribution in [-0.4, -0.2) is 37.0 Å². The van der Waals surface area contributed by atoms with Crippen LogP contribution in [0.25, 0.3) is 21.9 Å². The first kappa shape index (κ1) is 23.6. The number of hydrogen-bond donors (Lipinski definition) is 1. The molecule has 5 aromatic rings. The van der Waals surface area contributed by atoms with Gasteiger partial charge >= 0.3 is 6.18 Å². The van der Waals surface area contributed by atoms with Gasteiger partial charge in [0.2, 0.25) is 5.82 Å². The van der Waals surface area contributed by atoms with Crippen molar-refractivity contribution in [3.8, 4) is 11.5 Å². The zero-order valence-corrected chi connectivity index (χ0v) is 19.4. The molecule has 0 unspecified atom stereocenters. The number of aromatic amines is 1. The third kappa shape index (κ3) is 4.70. The van der Waals surface area contributed by atoms with Gasteiger partial charge < -0.3 is 18.6 Å². The van der Waals surface area contributed by atoms with Gasteiger partial charge in [-0.1, -0.05) is 29.8 Å². The highest BCUT2D eigenvalue weighted by Gasteiger charge is 2.37. The van der Waals surface area contributed by atoms with E-state index >= 15 is 0 Å². The van der Waals surface area contributed by atoms with Gasteiger partial charge in [0.25, 0.3) is 0 Å². The topological polar surface area (TPSA) is 104 Å². The minimum absolute atomic E-state index is 0.0468. The molecule has 0 aliphatic heterocycles. The van der Waals surface area contributed by atoms with Crippen molar-refractivity contribution < 1.29 is 27.2 Å². The molecule has 5 rings (SSSR count). The summed E-state index contributed by atoms with van der Waals surface area (Å²) in [7, 11) is 0. The number of nitrogens with one attached hydrogen (secondary N) is 1. The number of tetrazole rings is 1. The van der Waals surface area contributed by atoms with E-state index in [1.165, 1.54) is 6.07 Å². The highest BCUT2D eigenvalue weighted by Crippen LogP contribution is 2.38. The van der Waals surface area contributed by atoms with Crippen LogP contribution in [0.15, 0.2) is 47.1 Å². The van der Waals surface area contributed by atoms with Crippen molar-refractivity contribution in [1.29, 1.82) is 0 Å². The van der Waals surface area contributed by atoms with Crippen LogP contribution in [0, 0.1) is 0 Å². The largest absolute Gasteiger partial charge is 0.493 e. The Kier molecular flexibility index (Phi) is 6.49. The van der Waals surface area contributed by atoms with Crippen LogP contribution >= 0.6 is 0 Å². The van der Waals surface area contributed by atoms with E-state index in [1.54, 1.807) is 6.07 Å². The van der Waals surface area contributed by atoms with Gasteiger partial charge in [-0.25, -0.2) is 0 Å². The fraction of sp³-hybridized carbons (Fsp3) is 0.333. The van der Waals surface area contributed by atoms with Gasteiger partial charge in [-0.2, -0.15) is 18.4 Å². The average Bonchev–Trinajstić information content (AvgIpc) is 3.61. The Morgan fingerprint density at radius 1 is 1.06 bits per heavy atom. The summed E-state index contributed by atoms with van der Waals surface area (Å²) in [5.41, 5.74) is 0.732. The van der Waals surface area contributed by atoms with Crippen LogP contribution in [0.4, 0.5) is 13.2 Å². The molecular weight excluding hydrogens is 477 g/mol. The van der Waals surface area contributed by atoms with E-state index in [2.05, 4.69) is 30.3 Å². The molecule has 0 aliphatic rings. The smallest absolute Gasteiger partial charge is 0.437 e. The van der Waals surface area contributed by atoms with Gasteiger partial charge in [-0.05, 0) is 43.2 Å². The van der Waals surface area contributed by atoms with Crippen molar-refractivity contribution in [1.82, 2.24) is 30.3 Å². The monoisotopic (exact) mass is 500 g/mol. The van der Waals surface area contributed by atoms with E-state index in [1.807, 2.05) is 37.4 Å². The van der Waals surface area contributed by atoms with Crippen LogP contribution in [0.3, 0.4) is 0 Å². The average molecular weight is 500 g/mol. The SMILES string of the molecule is CCCc1c(OCCCn2ccc3c(OCc4nn[nH]n4)cccc32)ccc2c(C(F)(F)F)noc12. The van der Waals surface area contributed by atoms with E-state index in [9.17, 15) is 13.2 Å². The molecular formula is C24H23F3N6O3. The van der Waals surface area contributed by atoms with Gasteiger partial charge in [-0.3, -0.25) is 0 Å². The van der Waals surface area contributed by atoms with E-state index in [0.29, 0.717) is 43.1 Å². The molecule has 12 heteroatoms. The lowest BCUT2D eigenvalue weighted by Gasteiger charge is -2.12. The molecule has 0 radical (unpaired) electrons. The molecule has 0 bridgehead atoms. The summed E-state index contributed by atoms with van der Waals surface area (Å²) in [5.74, 6) is 1.70. The number of aryl methyl sites for hydroxylation is 2. The fourth-order valence-electron chi connectivity index (χ4n) is 4.19. The van der Waals surface area contributed by atoms with Crippen LogP contribution in [0.1, 0.15) is 36.8 Å². The molecule has 0 spiro atoms. The number of ether oxygens (including phenoxy) is 2. The summed E-state index contributed by atoms with van der Waals surface area (Å²) >= 11 is 0. The first-order valence-electron chi connectivity index (χ1n) is 11.5. The summed E-state index contributed by atoms with van der Waals surface area (Å²) in [4.78, 5) is 0. The number of fused-ring (bicyclic) bond motifs is 2. The summed E-state index contributed by atoms with van der Waals surface area (Å²) in [6.07, 6.45) is -0.661. The van der Waals surface area contributed by atoms with Crippen LogP contribution in [-0.2, 0) is 25.7 Å². The van der Waals surface area contributed by atoms with E-state index in [-0.39, 0.29) is 17.6 Å². The number of benzene rings is 2. The molecule has 9 nitrogen and oxygen atoms in total. The first-order valence-corrected chi connectivity index (χ1v) is 11.5. The van der Waals surface area contributed by atoms with Gasteiger partial charge in [0.15, 0.2) is 17.9 Å². The Morgan fingerprint density at radius 3 is 2.72 bits per heavy atom. The van der Waals surface area contributed by atoms with E-state index in [0.717, 1.165) is 23.1 Å². The number of nitrogens with zero attached hydrogens (tertiary/aromatic N) is 5. The second-order valence-electron chi connectivity index (χ2n) is 8.21. The van der Waals surface area contributed by atoms with Gasteiger partial charge in [0, 0.05) is 23.7 Å². The Labute approximate surface area is 203 Å². The van der Waals surface area contributed by atoms with Crippen molar-refractivity contribution in [3.63, 3.8) is 0 Å². The number of hydrogen-bond acceptors (Lipinski definition) is 7. The van der Waals surface area contributed by atoms with Crippen LogP contribution < -0.4 is 9.47 Å². The molecule has 188 valence electrons. The normalized spacial score (nSPS) is 12.0. The summed E-state index contributed by atoms with van der Waals surface area (Å²) < 4.78 is 58.7. The number of alkyl halides is 3. The Balaban J connectivity index is 1.25. The highest BCUT2D eigenvalue weighted by molar-refractivity contribution is 5.86. The third-order valence-electron chi connectivity index (χ3n) is 5.79. The highest BCUT2D eigenvalue weighted by atomic mass is 19.4. The Hall–Kier alpha value is -4.09. The van der Waals surface area contributed by atoms with Gasteiger partial charge in [0.1, 0.15) is 11.5 Å². The maximum atomic E-state index is 13.2. The first-order chi connectivity index (χ1) is 17.5. The Morgan fingerprint density at radius 2 is 1.94 bits per heavy atom. The van der Waals surface area contributed by atoms with E-state index in [4.69, 9.17) is 14.0 Å². The minimum atomic E-state index is -4.57. The van der Waals surface area contributed by atoms with Crippen LogP contribution in [0.5, 0.6) is 11.5 Å². The lowest BCUT2D eigenvalue weighted by Crippen LogP contribution is -2.06. The number of aromatic nitrogens is 6. The molecule has 36 heavy (non-hydrogen) atoms. The lowest BCUT2D eigenvalue weighted by atomic mass is 10.0. The molecule has 0 saturated carbocycles. The Bertz CT molecular complexity index is 1460. The molecule has 3 heterocycles. The second-order valence-corrected chi connectivity index (χ2v) is 8.21. The van der Waals surface area contributed by atoms with Crippen LogP contribution in [0.2, 0.25) is 0 Å². The predicted molar refractivity (Wildman–Crippen MR) is 124 cm³/mol. The van der Waals surface area contributed by atoms with Gasteiger partial charge in [0.05, 0.1) is 17.5 Å². The van der Waals surface area contributed by atoms with Crippen molar-refractivity contribution in [3.05, 3.63) is 59.7 Å². The predicted octanol–water partition coefficient (Wildman–Crippen LogP) is 5.32. The summed E-state index contributed by atoms with van der Waals surface area (Å²) in [6, 6.07) is 10.7. The van der Waals surface area contributed by atoms with Crippen molar-refractivity contribution in [2.45, 2.75) is 45.5 Å². The molecule has 0 amide bonds. The number of halogens is 3. The molecule has 0 aliphatic carbocycles. The molecule has 0 saturated heterocycles. The second kappa shape index (κ2) is 9.88. The molecule has 0 fully saturated rings. The summed E-state index contributed by atoms with van der Waals surface area (Å²) in [5, 5.41) is 17.9. The zero-order chi connectivity index (χ0) is 25.1. The molecule has 2 aromatic carbocycles. The molecule has 3 aromatic heterocycles. The number of H-pyrrole nitrogens is 1.